The Morgan fingerprint density at radius 2 is 1.50 bits per heavy atom. The lowest BCUT2D eigenvalue weighted by molar-refractivity contribution is -0.142. The van der Waals surface area contributed by atoms with Crippen molar-refractivity contribution in [1.29, 1.82) is 0 Å². The van der Waals surface area contributed by atoms with Crippen LogP contribution in [0.4, 0.5) is 0 Å². The molecule has 0 radical (unpaired) electrons. The van der Waals surface area contributed by atoms with Crippen LogP contribution in [0.3, 0.4) is 0 Å². The van der Waals surface area contributed by atoms with Gasteiger partial charge in [0, 0.05) is 6.42 Å². The first-order valence-corrected chi connectivity index (χ1v) is 9.72. The predicted octanol–water partition coefficient (Wildman–Crippen LogP) is 5.45. The Balaban J connectivity index is 2.05. The van der Waals surface area contributed by atoms with Gasteiger partial charge in [-0.2, -0.15) is 0 Å². The molecule has 0 amide bonds. The second kappa shape index (κ2) is 12.1. The molecule has 0 aromatic carbocycles. The molecule has 1 aliphatic rings. The number of hydrogen-bond donors (Lipinski definition) is 0. The molecule has 4 heteroatoms. The monoisotopic (exact) mass is 338 g/mol. The van der Waals surface area contributed by atoms with Gasteiger partial charge in [-0.25, -0.2) is 0 Å². The topological polar surface area (TPSA) is 52.6 Å². The van der Waals surface area contributed by atoms with Crippen LogP contribution >= 0.6 is 0 Å². The van der Waals surface area contributed by atoms with Gasteiger partial charge in [0.2, 0.25) is 11.5 Å². The van der Waals surface area contributed by atoms with E-state index in [0.29, 0.717) is 18.6 Å². The van der Waals surface area contributed by atoms with Gasteiger partial charge in [-0.15, -0.1) is 0 Å². The molecule has 1 aliphatic heterocycles. The van der Waals surface area contributed by atoms with Gasteiger partial charge in [-0.05, 0) is 19.8 Å². The first-order valence-electron chi connectivity index (χ1n) is 9.72. The Bertz CT molecular complexity index is 425. The first-order chi connectivity index (χ1) is 11.6. The minimum Gasteiger partial charge on any atom is -0.483 e. The van der Waals surface area contributed by atoms with E-state index >= 15 is 0 Å². The van der Waals surface area contributed by atoms with Crippen molar-refractivity contribution in [3.05, 3.63) is 11.5 Å². The summed E-state index contributed by atoms with van der Waals surface area (Å²) in [7, 11) is 0. The summed E-state index contributed by atoms with van der Waals surface area (Å²) in [4.78, 5) is 23.8. The number of unbranched alkanes of at least 4 members (excludes halogenated alkanes) is 9. The van der Waals surface area contributed by atoms with Crippen molar-refractivity contribution in [3.63, 3.8) is 0 Å². The smallest absolute Gasteiger partial charge is 0.311 e. The average molecular weight is 338 g/mol. The summed E-state index contributed by atoms with van der Waals surface area (Å²) in [6, 6.07) is 0. The van der Waals surface area contributed by atoms with Crippen molar-refractivity contribution in [1.82, 2.24) is 0 Å². The van der Waals surface area contributed by atoms with Crippen molar-refractivity contribution >= 4 is 11.8 Å². The van der Waals surface area contributed by atoms with Crippen molar-refractivity contribution in [2.24, 2.45) is 0 Å². The summed E-state index contributed by atoms with van der Waals surface area (Å²) in [5.74, 6) is 0.0197. The number of esters is 1. The van der Waals surface area contributed by atoms with Crippen LogP contribution in [0.1, 0.15) is 97.8 Å². The maximum Gasteiger partial charge on any atom is 0.311 e. The summed E-state index contributed by atoms with van der Waals surface area (Å²) < 4.78 is 10.6. The van der Waals surface area contributed by atoms with Gasteiger partial charge in [0.1, 0.15) is 5.76 Å². The predicted molar refractivity (Wildman–Crippen MR) is 95.4 cm³/mol. The molecule has 0 bridgehead atoms. The van der Waals surface area contributed by atoms with Crippen LogP contribution in [0, 0.1) is 0 Å². The van der Waals surface area contributed by atoms with Gasteiger partial charge < -0.3 is 9.47 Å². The van der Waals surface area contributed by atoms with Crippen molar-refractivity contribution in [2.75, 3.05) is 0 Å². The molecule has 1 heterocycles. The van der Waals surface area contributed by atoms with Crippen LogP contribution in [-0.4, -0.2) is 17.9 Å². The van der Waals surface area contributed by atoms with Gasteiger partial charge >= 0.3 is 5.97 Å². The zero-order chi connectivity index (χ0) is 17.8. The second-order valence-corrected chi connectivity index (χ2v) is 6.67. The van der Waals surface area contributed by atoms with Gasteiger partial charge in [0.05, 0.1) is 0 Å². The fourth-order valence-corrected chi connectivity index (χ4v) is 2.95. The molecule has 4 nitrogen and oxygen atoms in total. The SMILES string of the molecule is CCCCCCCCCCCCC(=O)OC1=C(C)OC(CC)C1=O. The lowest BCUT2D eigenvalue weighted by Gasteiger charge is -2.05. The Kier molecular flexibility index (Phi) is 10.4. The summed E-state index contributed by atoms with van der Waals surface area (Å²) >= 11 is 0. The molecule has 0 aliphatic carbocycles. The number of hydrogen-bond acceptors (Lipinski definition) is 4. The number of ketones is 1. The molecule has 0 spiro atoms. The third-order valence-corrected chi connectivity index (χ3v) is 4.48. The van der Waals surface area contributed by atoms with Crippen molar-refractivity contribution < 1.29 is 19.1 Å². The molecule has 1 unspecified atom stereocenters. The van der Waals surface area contributed by atoms with Crippen LogP contribution in [0.2, 0.25) is 0 Å². The van der Waals surface area contributed by atoms with Crippen LogP contribution in [0.15, 0.2) is 11.5 Å². The van der Waals surface area contributed by atoms with Crippen molar-refractivity contribution in [2.45, 2.75) is 104 Å². The zero-order valence-electron chi connectivity index (χ0n) is 15.7. The number of ether oxygens (including phenoxy) is 2. The van der Waals surface area contributed by atoms with Gasteiger partial charge in [0.15, 0.2) is 6.10 Å². The molecule has 0 fully saturated rings. The highest BCUT2D eigenvalue weighted by Crippen LogP contribution is 2.24. The van der Waals surface area contributed by atoms with E-state index in [0.717, 1.165) is 12.8 Å². The summed E-state index contributed by atoms with van der Waals surface area (Å²) in [5.41, 5.74) is 0. The van der Waals surface area contributed by atoms with Crippen LogP contribution in [0.5, 0.6) is 0 Å². The maximum absolute atomic E-state index is 12.0. The molecule has 0 N–H and O–H groups in total. The van der Waals surface area contributed by atoms with E-state index in [-0.39, 0.29) is 17.5 Å². The van der Waals surface area contributed by atoms with E-state index < -0.39 is 6.10 Å². The molecule has 0 aromatic rings. The Morgan fingerprint density at radius 1 is 0.958 bits per heavy atom. The third kappa shape index (κ3) is 7.50. The molecule has 0 saturated heterocycles. The molecular formula is C20H34O4. The maximum atomic E-state index is 12.0. The number of allylic oxidation sites excluding steroid dienone is 1. The van der Waals surface area contributed by atoms with E-state index in [2.05, 4.69) is 6.92 Å². The third-order valence-electron chi connectivity index (χ3n) is 4.48. The Labute approximate surface area is 147 Å². The number of carbonyl (C=O) groups is 2. The van der Waals surface area contributed by atoms with E-state index in [1.165, 1.54) is 51.4 Å². The summed E-state index contributed by atoms with van der Waals surface area (Å²) in [5, 5.41) is 0. The zero-order valence-corrected chi connectivity index (χ0v) is 15.7. The standard InChI is InChI=1S/C20H34O4/c1-4-6-7-8-9-10-11-12-13-14-15-18(21)24-20-16(3)23-17(5-2)19(20)22/h17H,4-15H2,1-3H3. The largest absolute Gasteiger partial charge is 0.483 e. The molecular weight excluding hydrogens is 304 g/mol. The van der Waals surface area contributed by atoms with Gasteiger partial charge in [-0.3, -0.25) is 9.59 Å². The lowest BCUT2D eigenvalue weighted by Crippen LogP contribution is -2.19. The van der Waals surface area contributed by atoms with Crippen LogP contribution in [-0.2, 0) is 19.1 Å². The number of rotatable bonds is 13. The highest BCUT2D eigenvalue weighted by atomic mass is 16.6. The van der Waals surface area contributed by atoms with E-state index in [9.17, 15) is 9.59 Å². The fourth-order valence-electron chi connectivity index (χ4n) is 2.95. The van der Waals surface area contributed by atoms with E-state index in [1.54, 1.807) is 6.92 Å². The van der Waals surface area contributed by atoms with E-state index in [4.69, 9.17) is 9.47 Å². The molecule has 0 saturated carbocycles. The first kappa shape index (κ1) is 20.7. The van der Waals surface area contributed by atoms with Gasteiger partial charge in [-0.1, -0.05) is 71.6 Å². The van der Waals surface area contributed by atoms with E-state index in [1.807, 2.05) is 6.92 Å². The summed E-state index contributed by atoms with van der Waals surface area (Å²) in [6.07, 6.45) is 12.8. The molecule has 138 valence electrons. The Hall–Kier alpha value is -1.32. The molecule has 1 atom stereocenters. The quantitative estimate of drug-likeness (QED) is 0.331. The molecule has 0 aromatic heterocycles. The normalized spacial score (nSPS) is 17.3. The summed E-state index contributed by atoms with van der Waals surface area (Å²) in [6.45, 7) is 5.79. The van der Waals surface area contributed by atoms with Gasteiger partial charge in [0.25, 0.3) is 0 Å². The molecule has 1 rings (SSSR count). The Morgan fingerprint density at radius 3 is 2.00 bits per heavy atom. The number of Topliss-reactive ketones (excluding diaryl/α,β-unsaturated/α-hetero) is 1. The average Bonchev–Trinajstić information content (AvgIpc) is 2.84. The second-order valence-electron chi connectivity index (χ2n) is 6.67. The fraction of sp³-hybridized carbons (Fsp3) is 0.800. The van der Waals surface area contributed by atoms with Crippen LogP contribution < -0.4 is 0 Å². The highest BCUT2D eigenvalue weighted by Gasteiger charge is 2.34. The van der Waals surface area contributed by atoms with Crippen molar-refractivity contribution in [3.8, 4) is 0 Å². The number of carbonyl (C=O) groups excluding carboxylic acids is 2. The lowest BCUT2D eigenvalue weighted by atomic mass is 10.1. The highest BCUT2D eigenvalue weighted by molar-refractivity contribution is 6.01. The molecule has 24 heavy (non-hydrogen) atoms. The minimum atomic E-state index is -0.481. The minimum absolute atomic E-state index is 0.110. The van der Waals surface area contributed by atoms with Crippen LogP contribution in [0.25, 0.3) is 0 Å².